The number of fused-ring (bicyclic) bond motifs is 1. The minimum Gasteiger partial charge on any atom is -0.347 e. The summed E-state index contributed by atoms with van der Waals surface area (Å²) < 4.78 is 1.11. The zero-order valence-corrected chi connectivity index (χ0v) is 15.2. The van der Waals surface area contributed by atoms with Crippen molar-refractivity contribution in [1.29, 1.82) is 0 Å². The molecule has 2 amide bonds. The van der Waals surface area contributed by atoms with E-state index in [1.54, 1.807) is 23.5 Å². The molecule has 0 aliphatic heterocycles. The van der Waals surface area contributed by atoms with E-state index in [0.29, 0.717) is 5.69 Å². The average Bonchev–Trinajstić information content (AvgIpc) is 3.07. The first kappa shape index (κ1) is 17.8. The molecule has 0 fully saturated rings. The van der Waals surface area contributed by atoms with Crippen molar-refractivity contribution in [2.45, 2.75) is 19.4 Å². The number of hydrogen-bond acceptors (Lipinski definition) is 4. The number of anilines is 1. The van der Waals surface area contributed by atoms with Gasteiger partial charge in [0.15, 0.2) is 0 Å². The van der Waals surface area contributed by atoms with Gasteiger partial charge in [0.25, 0.3) is 0 Å². The number of hydrogen-bond donors (Lipinski definition) is 2. The van der Waals surface area contributed by atoms with Crippen molar-refractivity contribution in [3.8, 4) is 0 Å². The summed E-state index contributed by atoms with van der Waals surface area (Å²) in [4.78, 5) is 28.1. The van der Waals surface area contributed by atoms with Gasteiger partial charge in [-0.05, 0) is 42.8 Å². The van der Waals surface area contributed by atoms with Crippen LogP contribution < -0.4 is 10.6 Å². The number of carbonyl (C=O) groups is 2. The van der Waals surface area contributed by atoms with Gasteiger partial charge >= 0.3 is 0 Å². The highest BCUT2D eigenvalue weighted by Gasteiger charge is 2.14. The predicted molar refractivity (Wildman–Crippen MR) is 105 cm³/mol. The minimum atomic E-state index is -0.264. The fourth-order valence-electron chi connectivity index (χ4n) is 2.51. The maximum Gasteiger partial charge on any atom is 0.247 e. The number of aromatic nitrogens is 1. The van der Waals surface area contributed by atoms with E-state index in [1.165, 1.54) is 6.08 Å². The number of para-hydroxylation sites is 1. The highest BCUT2D eigenvalue weighted by molar-refractivity contribution is 7.18. The maximum atomic E-state index is 12.3. The first-order chi connectivity index (χ1) is 12.5. The molecule has 0 spiro atoms. The Bertz CT molecular complexity index is 914. The molecule has 0 saturated heterocycles. The van der Waals surface area contributed by atoms with E-state index in [-0.39, 0.29) is 24.3 Å². The van der Waals surface area contributed by atoms with Crippen molar-refractivity contribution in [3.05, 3.63) is 71.8 Å². The number of thiazole rings is 1. The number of nitrogens with one attached hydrogen (secondary N) is 2. The Labute approximate surface area is 155 Å². The Morgan fingerprint density at radius 3 is 2.62 bits per heavy atom. The highest BCUT2D eigenvalue weighted by Crippen LogP contribution is 2.26. The molecule has 0 radical (unpaired) electrons. The van der Waals surface area contributed by atoms with Crippen molar-refractivity contribution in [3.63, 3.8) is 0 Å². The van der Waals surface area contributed by atoms with Gasteiger partial charge in [0.1, 0.15) is 5.01 Å². The standard InChI is InChI=1S/C20H19N3O2S/c1-3-18(24)22-15-10-8-14(9-11-15)12-19(25)21-13(2)20-23-16-6-4-5-7-17(16)26-20/h3-11,13H,1,12H2,2H3,(H,21,25)(H,22,24). The zero-order valence-electron chi connectivity index (χ0n) is 14.4. The fraction of sp³-hybridized carbons (Fsp3) is 0.150. The van der Waals surface area contributed by atoms with Crippen molar-refractivity contribution in [2.75, 3.05) is 5.32 Å². The number of nitrogens with zero attached hydrogens (tertiary/aromatic N) is 1. The lowest BCUT2D eigenvalue weighted by Gasteiger charge is -2.11. The lowest BCUT2D eigenvalue weighted by Crippen LogP contribution is -2.28. The lowest BCUT2D eigenvalue weighted by molar-refractivity contribution is -0.121. The molecule has 1 atom stereocenters. The van der Waals surface area contributed by atoms with Gasteiger partial charge in [-0.25, -0.2) is 4.98 Å². The summed E-state index contributed by atoms with van der Waals surface area (Å²) >= 11 is 1.59. The van der Waals surface area contributed by atoms with Gasteiger partial charge in [-0.2, -0.15) is 0 Å². The molecule has 2 N–H and O–H groups in total. The summed E-state index contributed by atoms with van der Waals surface area (Å²) in [7, 11) is 0. The first-order valence-electron chi connectivity index (χ1n) is 8.22. The third-order valence-corrected chi connectivity index (χ3v) is 5.05. The van der Waals surface area contributed by atoms with Gasteiger partial charge in [-0.1, -0.05) is 30.8 Å². The van der Waals surface area contributed by atoms with E-state index in [9.17, 15) is 9.59 Å². The van der Waals surface area contributed by atoms with Crippen LogP contribution in [0.25, 0.3) is 10.2 Å². The van der Waals surface area contributed by atoms with Gasteiger partial charge in [-0.3, -0.25) is 9.59 Å². The quantitative estimate of drug-likeness (QED) is 0.652. The number of rotatable bonds is 6. The molecular weight excluding hydrogens is 346 g/mol. The molecule has 3 aromatic rings. The summed E-state index contributed by atoms with van der Waals surface area (Å²) in [5.74, 6) is -0.334. The Balaban J connectivity index is 1.59. The van der Waals surface area contributed by atoms with Crippen LogP contribution in [0.2, 0.25) is 0 Å². The smallest absolute Gasteiger partial charge is 0.247 e. The van der Waals surface area contributed by atoms with Crippen LogP contribution in [0.5, 0.6) is 0 Å². The van der Waals surface area contributed by atoms with Gasteiger partial charge in [0, 0.05) is 5.69 Å². The minimum absolute atomic E-state index is 0.0698. The molecule has 5 nitrogen and oxygen atoms in total. The van der Waals surface area contributed by atoms with E-state index in [2.05, 4.69) is 22.2 Å². The third-order valence-electron chi connectivity index (χ3n) is 3.83. The van der Waals surface area contributed by atoms with Crippen LogP contribution >= 0.6 is 11.3 Å². The van der Waals surface area contributed by atoms with Crippen LogP contribution in [0.15, 0.2) is 61.2 Å². The molecule has 132 valence electrons. The number of carbonyl (C=O) groups excluding carboxylic acids is 2. The second kappa shape index (κ2) is 7.93. The van der Waals surface area contributed by atoms with Crippen molar-refractivity contribution in [2.24, 2.45) is 0 Å². The maximum absolute atomic E-state index is 12.3. The Hall–Kier alpha value is -2.99. The average molecular weight is 365 g/mol. The molecule has 2 aromatic carbocycles. The topological polar surface area (TPSA) is 71.1 Å². The molecule has 0 aliphatic carbocycles. The summed E-state index contributed by atoms with van der Waals surface area (Å²) in [6.07, 6.45) is 1.48. The molecule has 6 heteroatoms. The molecule has 1 heterocycles. The summed E-state index contributed by atoms with van der Waals surface area (Å²) in [5.41, 5.74) is 2.49. The van der Waals surface area contributed by atoms with E-state index in [0.717, 1.165) is 20.8 Å². The number of benzene rings is 2. The van der Waals surface area contributed by atoms with E-state index in [1.807, 2.05) is 43.3 Å². The van der Waals surface area contributed by atoms with Crippen LogP contribution in [0.4, 0.5) is 5.69 Å². The molecule has 26 heavy (non-hydrogen) atoms. The van der Waals surface area contributed by atoms with Crippen molar-refractivity contribution >= 4 is 39.1 Å². The second-order valence-corrected chi connectivity index (χ2v) is 6.94. The van der Waals surface area contributed by atoms with Crippen molar-refractivity contribution in [1.82, 2.24) is 10.3 Å². The predicted octanol–water partition coefficient (Wildman–Crippen LogP) is 3.84. The van der Waals surface area contributed by atoms with Crippen LogP contribution in [0.3, 0.4) is 0 Å². The molecule has 1 aromatic heterocycles. The van der Waals surface area contributed by atoms with E-state index >= 15 is 0 Å². The van der Waals surface area contributed by atoms with Crippen LogP contribution in [-0.4, -0.2) is 16.8 Å². The summed E-state index contributed by atoms with van der Waals surface area (Å²) in [6, 6.07) is 15.0. The van der Waals surface area contributed by atoms with E-state index < -0.39 is 0 Å². The van der Waals surface area contributed by atoms with Gasteiger partial charge in [0.05, 0.1) is 22.7 Å². The summed E-state index contributed by atoms with van der Waals surface area (Å²) in [6.45, 7) is 5.34. The third kappa shape index (κ3) is 4.34. The Kier molecular flexibility index (Phi) is 5.43. The molecule has 0 bridgehead atoms. The molecular formula is C20H19N3O2S. The molecule has 0 saturated carbocycles. The Morgan fingerprint density at radius 2 is 1.92 bits per heavy atom. The van der Waals surface area contributed by atoms with Gasteiger partial charge in [0.2, 0.25) is 11.8 Å². The molecule has 3 rings (SSSR count). The second-order valence-electron chi connectivity index (χ2n) is 5.88. The fourth-order valence-corrected chi connectivity index (χ4v) is 3.48. The Morgan fingerprint density at radius 1 is 1.19 bits per heavy atom. The van der Waals surface area contributed by atoms with Crippen LogP contribution in [-0.2, 0) is 16.0 Å². The zero-order chi connectivity index (χ0) is 18.5. The lowest BCUT2D eigenvalue weighted by atomic mass is 10.1. The monoisotopic (exact) mass is 365 g/mol. The van der Waals surface area contributed by atoms with E-state index in [4.69, 9.17) is 0 Å². The van der Waals surface area contributed by atoms with Crippen LogP contribution in [0, 0.1) is 0 Å². The summed E-state index contributed by atoms with van der Waals surface area (Å²) in [5, 5.41) is 6.55. The largest absolute Gasteiger partial charge is 0.347 e. The highest BCUT2D eigenvalue weighted by atomic mass is 32.1. The van der Waals surface area contributed by atoms with Gasteiger partial charge < -0.3 is 10.6 Å². The van der Waals surface area contributed by atoms with Gasteiger partial charge in [-0.15, -0.1) is 11.3 Å². The van der Waals surface area contributed by atoms with Crippen molar-refractivity contribution < 1.29 is 9.59 Å². The molecule has 0 aliphatic rings. The first-order valence-corrected chi connectivity index (χ1v) is 9.04. The van der Waals surface area contributed by atoms with Crippen LogP contribution in [0.1, 0.15) is 23.5 Å². The number of amides is 2. The SMILES string of the molecule is C=CC(=O)Nc1ccc(CC(=O)NC(C)c2nc3ccccc3s2)cc1. The molecule has 1 unspecified atom stereocenters. The normalized spacial score (nSPS) is 11.7.